The smallest absolute Gasteiger partial charge is 0.410 e. The zero-order valence-corrected chi connectivity index (χ0v) is 31.0. The standard InChI is InChI=1S/C39H49F2N7O4/c1-8-25-19-27-32(33(50-23-38(6,40)41)31(25)30-24(2)9-10-29-28(30)20-42-45-29)43-35(51-26-11-15-46(7)16-12-26)44-34(27)47-17-13-39(14-18-47)21-48(22-39)36(49)52-37(3,4)5/h8-10,19-20,26H,1,11-18,21-23H2,2-7H3,(H,42,45). The molecule has 3 aliphatic rings. The number of amides is 1. The second-order valence-corrected chi connectivity index (χ2v) is 16.0. The first-order chi connectivity index (χ1) is 24.6. The lowest BCUT2D eigenvalue weighted by Crippen LogP contribution is -2.62. The van der Waals surface area contributed by atoms with Crippen LogP contribution in [0.2, 0.25) is 0 Å². The van der Waals surface area contributed by atoms with Gasteiger partial charge < -0.3 is 28.9 Å². The van der Waals surface area contributed by atoms with Gasteiger partial charge in [0.2, 0.25) is 0 Å². The molecule has 278 valence electrons. The van der Waals surface area contributed by atoms with Crippen molar-refractivity contribution in [1.29, 1.82) is 0 Å². The molecule has 11 nitrogen and oxygen atoms in total. The Morgan fingerprint density at radius 3 is 2.42 bits per heavy atom. The topological polar surface area (TPSA) is 109 Å². The molecule has 2 aromatic heterocycles. The summed E-state index contributed by atoms with van der Waals surface area (Å²) in [7, 11) is 2.09. The number of fused-ring (bicyclic) bond motifs is 2. The van der Waals surface area contributed by atoms with Crippen molar-refractivity contribution >= 4 is 39.8 Å². The third kappa shape index (κ3) is 7.24. The van der Waals surface area contributed by atoms with Crippen LogP contribution in [-0.2, 0) is 4.74 Å². The van der Waals surface area contributed by atoms with Gasteiger partial charge in [-0.2, -0.15) is 15.1 Å². The molecule has 0 radical (unpaired) electrons. The van der Waals surface area contributed by atoms with Gasteiger partial charge in [-0.05, 0) is 89.2 Å². The molecule has 4 aromatic rings. The second kappa shape index (κ2) is 13.5. The number of likely N-dealkylation sites (tertiary alicyclic amines) is 2. The van der Waals surface area contributed by atoms with Crippen LogP contribution in [0.25, 0.3) is 39.0 Å². The van der Waals surface area contributed by atoms with Crippen LogP contribution in [0.4, 0.5) is 19.4 Å². The molecule has 13 heteroatoms. The van der Waals surface area contributed by atoms with Crippen molar-refractivity contribution in [3.05, 3.63) is 42.1 Å². The number of rotatable bonds is 8. The minimum atomic E-state index is -3.11. The molecule has 1 amide bonds. The highest BCUT2D eigenvalue weighted by Crippen LogP contribution is 2.48. The van der Waals surface area contributed by atoms with E-state index in [0.717, 1.165) is 67.7 Å². The minimum absolute atomic E-state index is 0.00488. The molecule has 0 atom stereocenters. The van der Waals surface area contributed by atoms with Gasteiger partial charge in [-0.15, -0.1) is 0 Å². The summed E-state index contributed by atoms with van der Waals surface area (Å²) in [4.78, 5) is 29.0. The maximum Gasteiger partial charge on any atom is 0.410 e. The van der Waals surface area contributed by atoms with E-state index >= 15 is 0 Å². The van der Waals surface area contributed by atoms with Crippen LogP contribution in [0.15, 0.2) is 31.0 Å². The van der Waals surface area contributed by atoms with Crippen molar-refractivity contribution in [2.24, 2.45) is 5.41 Å². The summed E-state index contributed by atoms with van der Waals surface area (Å²) in [5, 5.41) is 8.81. The highest BCUT2D eigenvalue weighted by atomic mass is 19.3. The number of aromatic nitrogens is 4. The number of aromatic amines is 1. The van der Waals surface area contributed by atoms with E-state index in [1.54, 1.807) is 17.2 Å². The van der Waals surface area contributed by atoms with E-state index in [4.69, 9.17) is 24.2 Å². The molecule has 1 spiro atoms. The fraction of sp³-hybridized carbons (Fsp3) is 0.538. The van der Waals surface area contributed by atoms with Gasteiger partial charge in [-0.1, -0.05) is 18.7 Å². The zero-order chi connectivity index (χ0) is 37.0. The normalized spacial score (nSPS) is 18.5. The molecule has 3 aliphatic heterocycles. The maximum absolute atomic E-state index is 14.6. The molecule has 2 aromatic carbocycles. The maximum atomic E-state index is 14.6. The van der Waals surface area contributed by atoms with Crippen molar-refractivity contribution in [2.75, 3.05) is 57.8 Å². The molecule has 0 saturated carbocycles. The zero-order valence-electron chi connectivity index (χ0n) is 31.0. The number of carbonyl (C=O) groups excluding carboxylic acids is 1. The first-order valence-electron chi connectivity index (χ1n) is 18.1. The predicted octanol–water partition coefficient (Wildman–Crippen LogP) is 7.47. The van der Waals surface area contributed by atoms with Crippen LogP contribution in [-0.4, -0.2) is 107 Å². The van der Waals surface area contributed by atoms with E-state index in [2.05, 4.69) is 33.6 Å². The molecule has 52 heavy (non-hydrogen) atoms. The number of ether oxygens (including phenoxy) is 3. The van der Waals surface area contributed by atoms with Gasteiger partial charge in [-0.3, -0.25) is 5.10 Å². The Balaban J connectivity index is 1.32. The lowest BCUT2D eigenvalue weighted by molar-refractivity contribution is -0.0434. The third-order valence-corrected chi connectivity index (χ3v) is 10.5. The summed E-state index contributed by atoms with van der Waals surface area (Å²) < 4.78 is 47.5. The summed E-state index contributed by atoms with van der Waals surface area (Å²) in [6.07, 6.45) is 6.44. The fourth-order valence-electron chi connectivity index (χ4n) is 7.71. The minimum Gasteiger partial charge on any atom is -0.484 e. The number of H-pyrrole nitrogens is 1. The van der Waals surface area contributed by atoms with Crippen LogP contribution in [0, 0.1) is 12.3 Å². The van der Waals surface area contributed by atoms with Crippen LogP contribution in [0.1, 0.15) is 64.5 Å². The molecule has 5 heterocycles. The number of hydrogen-bond acceptors (Lipinski definition) is 9. The van der Waals surface area contributed by atoms with Crippen LogP contribution >= 0.6 is 0 Å². The second-order valence-electron chi connectivity index (χ2n) is 16.0. The molecular weight excluding hydrogens is 668 g/mol. The highest BCUT2D eigenvalue weighted by Gasteiger charge is 2.48. The Bertz CT molecular complexity index is 1980. The van der Waals surface area contributed by atoms with E-state index in [1.807, 2.05) is 45.9 Å². The number of nitrogens with one attached hydrogen (secondary N) is 1. The van der Waals surface area contributed by atoms with Crippen molar-refractivity contribution in [2.45, 2.75) is 77.9 Å². The number of piperidine rings is 2. The average molecular weight is 718 g/mol. The Morgan fingerprint density at radius 1 is 1.06 bits per heavy atom. The molecule has 0 unspecified atom stereocenters. The van der Waals surface area contributed by atoms with Gasteiger partial charge in [0.15, 0.2) is 12.4 Å². The van der Waals surface area contributed by atoms with Gasteiger partial charge in [0.05, 0.1) is 11.7 Å². The quantitative estimate of drug-likeness (QED) is 0.199. The number of hydrogen-bond donors (Lipinski definition) is 1. The predicted molar refractivity (Wildman–Crippen MR) is 198 cm³/mol. The van der Waals surface area contributed by atoms with Gasteiger partial charge in [0.25, 0.3) is 5.92 Å². The van der Waals surface area contributed by atoms with Crippen LogP contribution < -0.4 is 14.4 Å². The Kier molecular flexibility index (Phi) is 9.29. The van der Waals surface area contributed by atoms with Gasteiger partial charge in [0, 0.05) is 67.9 Å². The lowest BCUT2D eigenvalue weighted by atomic mass is 9.72. The Morgan fingerprint density at radius 2 is 1.77 bits per heavy atom. The monoisotopic (exact) mass is 717 g/mol. The number of nitrogens with zero attached hydrogens (tertiary/aromatic N) is 6. The van der Waals surface area contributed by atoms with E-state index in [1.165, 1.54) is 0 Å². The van der Waals surface area contributed by atoms with Crippen LogP contribution in [0.5, 0.6) is 11.8 Å². The van der Waals surface area contributed by atoms with Crippen molar-refractivity contribution in [3.63, 3.8) is 0 Å². The van der Waals surface area contributed by atoms with Crippen molar-refractivity contribution in [3.8, 4) is 22.9 Å². The number of benzene rings is 2. The Hall–Kier alpha value is -4.52. The SMILES string of the molecule is C=Cc1cc2c(N3CCC4(CC3)CN(C(=O)OC(C)(C)C)C4)nc(OC3CCN(C)CC3)nc2c(OCC(C)(F)F)c1-c1c(C)ccc2[nH]ncc12. The summed E-state index contributed by atoms with van der Waals surface area (Å²) >= 11 is 0. The van der Waals surface area contributed by atoms with Gasteiger partial charge >= 0.3 is 12.1 Å². The van der Waals surface area contributed by atoms with Gasteiger partial charge in [-0.25, -0.2) is 13.6 Å². The van der Waals surface area contributed by atoms with Crippen LogP contribution in [0.3, 0.4) is 0 Å². The summed E-state index contributed by atoms with van der Waals surface area (Å²) in [6.45, 7) is 16.2. The fourth-order valence-corrected chi connectivity index (χ4v) is 7.71. The van der Waals surface area contributed by atoms with E-state index < -0.39 is 18.1 Å². The number of alkyl halides is 2. The number of aryl methyl sites for hydroxylation is 1. The average Bonchev–Trinajstić information content (AvgIpc) is 3.54. The van der Waals surface area contributed by atoms with E-state index in [-0.39, 0.29) is 29.4 Å². The third-order valence-electron chi connectivity index (χ3n) is 10.5. The molecule has 3 saturated heterocycles. The van der Waals surface area contributed by atoms with Crippen molar-refractivity contribution < 1.29 is 27.8 Å². The molecule has 0 bridgehead atoms. The summed E-state index contributed by atoms with van der Waals surface area (Å²) in [5.74, 6) is -2.22. The van der Waals surface area contributed by atoms with Gasteiger partial charge in [0.1, 0.15) is 23.0 Å². The van der Waals surface area contributed by atoms with E-state index in [0.29, 0.717) is 54.0 Å². The lowest BCUT2D eigenvalue weighted by Gasteiger charge is -2.53. The highest BCUT2D eigenvalue weighted by molar-refractivity contribution is 6.07. The van der Waals surface area contributed by atoms with Crippen molar-refractivity contribution in [1.82, 2.24) is 30.0 Å². The molecule has 1 N–H and O–H groups in total. The number of halogens is 2. The largest absolute Gasteiger partial charge is 0.484 e. The molecule has 0 aliphatic carbocycles. The first kappa shape index (κ1) is 35.9. The summed E-state index contributed by atoms with van der Waals surface area (Å²) in [6, 6.07) is 6.10. The molecular formula is C39H49F2N7O4. The Labute approximate surface area is 303 Å². The number of anilines is 1. The first-order valence-corrected chi connectivity index (χ1v) is 18.1. The molecule has 3 fully saturated rings. The van der Waals surface area contributed by atoms with E-state index in [9.17, 15) is 13.6 Å². The molecule has 7 rings (SSSR count). The summed E-state index contributed by atoms with van der Waals surface area (Å²) in [5.41, 5.74) is 3.70. The number of carbonyl (C=O) groups is 1.